The topological polar surface area (TPSA) is 50.8 Å². The number of rotatable bonds is 3. The minimum atomic E-state index is -1.84. The van der Waals surface area contributed by atoms with Crippen molar-refractivity contribution in [2.24, 2.45) is 0 Å². The Morgan fingerprint density at radius 2 is 1.62 bits per heavy atom. The number of aromatic nitrogens is 2. The van der Waals surface area contributed by atoms with Crippen molar-refractivity contribution in [2.75, 3.05) is 0 Å². The van der Waals surface area contributed by atoms with Crippen LogP contribution >= 0.6 is 11.6 Å². The summed E-state index contributed by atoms with van der Waals surface area (Å²) in [4.78, 5) is 0. The second kappa shape index (κ2) is 6.69. The third-order valence-corrected chi connectivity index (χ3v) is 3.66. The summed E-state index contributed by atoms with van der Waals surface area (Å²) in [5.41, 5.74) is -0.506. The molecule has 0 aliphatic heterocycles. The van der Waals surface area contributed by atoms with E-state index in [1.165, 1.54) is 10.7 Å². The molecule has 0 radical (unpaired) electrons. The first-order chi connectivity index (χ1) is 12.3. The third kappa shape index (κ3) is 2.97. The fourth-order valence-corrected chi connectivity index (χ4v) is 2.35. The Labute approximate surface area is 149 Å². The van der Waals surface area contributed by atoms with Crippen LogP contribution in [0.4, 0.5) is 17.6 Å². The van der Waals surface area contributed by atoms with E-state index in [0.717, 1.165) is 6.07 Å². The maximum Gasteiger partial charge on any atom is 0.223 e. The van der Waals surface area contributed by atoms with Gasteiger partial charge in [0.25, 0.3) is 0 Å². The van der Waals surface area contributed by atoms with Gasteiger partial charge in [-0.3, -0.25) is 0 Å². The largest absolute Gasteiger partial charge is 0.432 e. The summed E-state index contributed by atoms with van der Waals surface area (Å²) in [5, 5.41) is 13.2. The van der Waals surface area contributed by atoms with Crippen molar-refractivity contribution >= 4 is 11.6 Å². The fourth-order valence-electron chi connectivity index (χ4n) is 2.22. The zero-order chi connectivity index (χ0) is 19.0. The van der Waals surface area contributed by atoms with Gasteiger partial charge in [0.2, 0.25) is 23.3 Å². The normalized spacial score (nSPS) is 10.7. The molecular weight excluding hydrogens is 374 g/mol. The van der Waals surface area contributed by atoms with E-state index in [4.69, 9.17) is 21.6 Å². The molecule has 0 aliphatic rings. The van der Waals surface area contributed by atoms with Gasteiger partial charge in [0, 0.05) is 11.1 Å². The van der Waals surface area contributed by atoms with E-state index < -0.39 is 34.6 Å². The van der Waals surface area contributed by atoms with Crippen molar-refractivity contribution in [3.05, 3.63) is 69.9 Å². The molecule has 0 N–H and O–H groups in total. The highest BCUT2D eigenvalue weighted by Crippen LogP contribution is 2.34. The maximum absolute atomic E-state index is 14.1. The van der Waals surface area contributed by atoms with Gasteiger partial charge in [0.05, 0.1) is 11.4 Å². The first-order valence-corrected chi connectivity index (χ1v) is 7.47. The van der Waals surface area contributed by atoms with Crippen LogP contribution in [0.5, 0.6) is 11.6 Å². The van der Waals surface area contributed by atoms with Gasteiger partial charge in [0.1, 0.15) is 11.6 Å². The number of ether oxygens (including phenoxy) is 1. The second-order valence-electron chi connectivity index (χ2n) is 5.19. The Morgan fingerprint density at radius 1 is 1.04 bits per heavy atom. The summed E-state index contributed by atoms with van der Waals surface area (Å²) in [6, 6.07) is 8.63. The van der Waals surface area contributed by atoms with Crippen molar-refractivity contribution < 1.29 is 22.3 Å². The molecule has 0 fully saturated rings. The Balaban J connectivity index is 2.12. The van der Waals surface area contributed by atoms with Gasteiger partial charge < -0.3 is 4.74 Å². The second-order valence-corrected chi connectivity index (χ2v) is 5.62. The lowest BCUT2D eigenvalue weighted by Gasteiger charge is -2.12. The van der Waals surface area contributed by atoms with Crippen LogP contribution in [0.2, 0.25) is 5.02 Å². The van der Waals surface area contributed by atoms with Crippen molar-refractivity contribution in [1.29, 1.82) is 5.26 Å². The molecule has 3 aromatic rings. The van der Waals surface area contributed by atoms with Crippen LogP contribution < -0.4 is 4.74 Å². The molecule has 26 heavy (non-hydrogen) atoms. The molecule has 2 aromatic carbocycles. The molecular formula is C17H8ClF4N3O. The van der Waals surface area contributed by atoms with Crippen LogP contribution in [-0.2, 0) is 0 Å². The highest BCUT2D eigenvalue weighted by molar-refractivity contribution is 6.30. The molecule has 0 saturated heterocycles. The zero-order valence-electron chi connectivity index (χ0n) is 13.0. The quantitative estimate of drug-likeness (QED) is 0.471. The summed E-state index contributed by atoms with van der Waals surface area (Å²) in [6.07, 6.45) is 0. The van der Waals surface area contributed by atoms with Crippen LogP contribution in [-0.4, -0.2) is 9.78 Å². The van der Waals surface area contributed by atoms with E-state index in [0.29, 0.717) is 16.4 Å². The lowest BCUT2D eigenvalue weighted by Crippen LogP contribution is -2.06. The van der Waals surface area contributed by atoms with Crippen molar-refractivity contribution in [2.45, 2.75) is 6.92 Å². The van der Waals surface area contributed by atoms with Gasteiger partial charge >= 0.3 is 0 Å². The Morgan fingerprint density at radius 3 is 2.15 bits per heavy atom. The molecule has 9 heteroatoms. The molecule has 0 bridgehead atoms. The molecule has 132 valence electrons. The molecule has 1 heterocycles. The van der Waals surface area contributed by atoms with Gasteiger partial charge in [-0.25, -0.2) is 13.5 Å². The maximum atomic E-state index is 14.1. The van der Waals surface area contributed by atoms with Gasteiger partial charge in [-0.1, -0.05) is 11.6 Å². The summed E-state index contributed by atoms with van der Waals surface area (Å²) in [5.74, 6) is -8.81. The highest BCUT2D eigenvalue weighted by Gasteiger charge is 2.28. The first-order valence-electron chi connectivity index (χ1n) is 7.10. The molecule has 0 unspecified atom stereocenters. The van der Waals surface area contributed by atoms with E-state index in [2.05, 4.69) is 5.10 Å². The number of benzene rings is 2. The van der Waals surface area contributed by atoms with Gasteiger partial charge in [0.15, 0.2) is 11.6 Å². The predicted octanol–water partition coefficient (Wildman–Crippen LogP) is 5.05. The van der Waals surface area contributed by atoms with Gasteiger partial charge in [-0.15, -0.1) is 0 Å². The van der Waals surface area contributed by atoms with Crippen LogP contribution in [0.3, 0.4) is 0 Å². The number of aryl methyl sites for hydroxylation is 1. The van der Waals surface area contributed by atoms with Crippen LogP contribution in [0, 0.1) is 41.5 Å². The van der Waals surface area contributed by atoms with E-state index in [9.17, 15) is 17.6 Å². The Kier molecular flexibility index (Phi) is 4.57. The third-order valence-electron chi connectivity index (χ3n) is 3.41. The molecule has 0 saturated carbocycles. The lowest BCUT2D eigenvalue weighted by atomic mass is 10.2. The minimum Gasteiger partial charge on any atom is -0.432 e. The average molecular weight is 382 g/mol. The number of halogens is 5. The molecule has 1 aromatic heterocycles. The number of nitrogens with zero attached hydrogens (tertiary/aromatic N) is 3. The van der Waals surface area contributed by atoms with E-state index in [1.807, 2.05) is 0 Å². The molecule has 0 spiro atoms. The monoisotopic (exact) mass is 381 g/mol. The van der Waals surface area contributed by atoms with Crippen LogP contribution in [0.1, 0.15) is 11.3 Å². The summed E-state index contributed by atoms with van der Waals surface area (Å²) in [7, 11) is 0. The van der Waals surface area contributed by atoms with Crippen LogP contribution in [0.15, 0.2) is 30.3 Å². The van der Waals surface area contributed by atoms with E-state index >= 15 is 0 Å². The van der Waals surface area contributed by atoms with E-state index in [1.54, 1.807) is 31.2 Å². The SMILES string of the molecule is Cc1cc(Oc2c(F)c(F)c(C#N)c(F)c2F)n(-c2ccc(Cl)cc2)n1. The predicted molar refractivity (Wildman–Crippen MR) is 84.4 cm³/mol. The van der Waals surface area contributed by atoms with Gasteiger partial charge in [-0.2, -0.15) is 19.1 Å². The summed E-state index contributed by atoms with van der Waals surface area (Å²) in [6.45, 7) is 1.59. The molecule has 0 amide bonds. The number of hydrogen-bond acceptors (Lipinski definition) is 3. The summed E-state index contributed by atoms with van der Waals surface area (Å²) < 4.78 is 61.9. The molecule has 0 atom stereocenters. The minimum absolute atomic E-state index is 0.189. The molecule has 3 rings (SSSR count). The Bertz CT molecular complexity index is 1010. The van der Waals surface area contributed by atoms with Crippen molar-refractivity contribution in [3.8, 4) is 23.4 Å². The average Bonchev–Trinajstić information content (AvgIpc) is 2.98. The smallest absolute Gasteiger partial charge is 0.223 e. The van der Waals surface area contributed by atoms with Crippen molar-refractivity contribution in [1.82, 2.24) is 9.78 Å². The van der Waals surface area contributed by atoms with Crippen LogP contribution in [0.25, 0.3) is 5.69 Å². The van der Waals surface area contributed by atoms with Crippen molar-refractivity contribution in [3.63, 3.8) is 0 Å². The van der Waals surface area contributed by atoms with Gasteiger partial charge in [-0.05, 0) is 31.2 Å². The summed E-state index contributed by atoms with van der Waals surface area (Å²) >= 11 is 5.81. The number of hydrogen-bond donors (Lipinski definition) is 0. The fraction of sp³-hybridized carbons (Fsp3) is 0.0588. The first kappa shape index (κ1) is 17.8. The Hall–Kier alpha value is -3.05. The van der Waals surface area contributed by atoms with E-state index in [-0.39, 0.29) is 5.88 Å². The molecule has 4 nitrogen and oxygen atoms in total. The zero-order valence-corrected chi connectivity index (χ0v) is 13.8. The standard InChI is InChI=1S/C17H8ClF4N3O/c1-8-6-12(25(24-8)10-4-2-9(18)3-5-10)26-17-15(21)13(19)11(7-23)14(20)16(17)22/h2-6H,1H3. The molecule has 0 aliphatic carbocycles. The highest BCUT2D eigenvalue weighted by atomic mass is 35.5. The number of nitriles is 1. The lowest BCUT2D eigenvalue weighted by molar-refractivity contribution is 0.351.